The van der Waals surface area contributed by atoms with E-state index in [1.54, 1.807) is 0 Å². The van der Waals surface area contributed by atoms with Crippen molar-refractivity contribution in [2.24, 2.45) is 17.3 Å². The van der Waals surface area contributed by atoms with Gasteiger partial charge in [0.25, 0.3) is 0 Å². The summed E-state index contributed by atoms with van der Waals surface area (Å²) >= 11 is 0. The van der Waals surface area contributed by atoms with Gasteiger partial charge in [0.1, 0.15) is 0 Å². The van der Waals surface area contributed by atoms with Crippen LogP contribution < -0.4 is 0 Å². The first-order chi connectivity index (χ1) is 6.54. The number of aliphatic hydroxyl groups excluding tert-OH is 1. The van der Waals surface area contributed by atoms with Crippen LogP contribution in [0.5, 0.6) is 0 Å². The van der Waals surface area contributed by atoms with Gasteiger partial charge in [-0.3, -0.25) is 0 Å². The molecule has 0 saturated heterocycles. The van der Waals surface area contributed by atoms with Crippen molar-refractivity contribution < 1.29 is 5.11 Å². The molecule has 1 nitrogen and oxygen atoms in total. The quantitative estimate of drug-likeness (QED) is 0.636. The summed E-state index contributed by atoms with van der Waals surface area (Å²) in [6.45, 7) is 8.56. The molecule has 0 heterocycles. The van der Waals surface area contributed by atoms with Crippen LogP contribution >= 0.6 is 0 Å². The molecule has 1 heteroatoms. The second-order valence-electron chi connectivity index (χ2n) is 5.59. The van der Waals surface area contributed by atoms with Crippen LogP contribution in [0.25, 0.3) is 0 Å². The van der Waals surface area contributed by atoms with Crippen LogP contribution in [0.1, 0.15) is 46.0 Å². The van der Waals surface area contributed by atoms with Crippen LogP contribution in [0.3, 0.4) is 0 Å². The molecule has 2 aliphatic rings. The molecule has 4 atom stereocenters. The van der Waals surface area contributed by atoms with E-state index in [4.69, 9.17) is 0 Å². The molecule has 0 aliphatic heterocycles. The van der Waals surface area contributed by atoms with Gasteiger partial charge in [0.2, 0.25) is 0 Å². The summed E-state index contributed by atoms with van der Waals surface area (Å²) in [5.41, 5.74) is 1.86. The van der Waals surface area contributed by atoms with E-state index in [0.29, 0.717) is 17.3 Å². The van der Waals surface area contributed by atoms with E-state index >= 15 is 0 Å². The molecule has 0 amide bonds. The van der Waals surface area contributed by atoms with Gasteiger partial charge in [-0.2, -0.15) is 0 Å². The van der Waals surface area contributed by atoms with Gasteiger partial charge in [0, 0.05) is 0 Å². The summed E-state index contributed by atoms with van der Waals surface area (Å²) in [5.74, 6) is 1.07. The zero-order valence-corrected chi connectivity index (χ0v) is 9.42. The highest BCUT2D eigenvalue weighted by molar-refractivity contribution is 5.15. The second kappa shape index (κ2) is 3.37. The Bertz CT molecular complexity index is 244. The summed E-state index contributed by atoms with van der Waals surface area (Å²) in [6.07, 6.45) is 6.14. The third-order valence-corrected chi connectivity index (χ3v) is 4.53. The minimum atomic E-state index is -0.156. The van der Waals surface area contributed by atoms with Gasteiger partial charge in [0.05, 0.1) is 6.10 Å². The van der Waals surface area contributed by atoms with E-state index in [2.05, 4.69) is 13.5 Å². The zero-order valence-electron chi connectivity index (χ0n) is 9.42. The highest BCUT2D eigenvalue weighted by Gasteiger charge is 2.48. The molecule has 2 rings (SSSR count). The Kier molecular flexibility index (Phi) is 2.46. The first-order valence-corrected chi connectivity index (χ1v) is 5.90. The standard InChI is InChI=1S/C13H22O/c1-9-5-4-7-13(3)8-6-11(10(2)14)12(9)13/h10-12,14H,1,4-8H2,2-3H3/t10-,11+,12+,13-/m0/s1. The Labute approximate surface area is 87.2 Å². The maximum atomic E-state index is 9.78. The zero-order chi connectivity index (χ0) is 10.3. The predicted molar refractivity (Wildman–Crippen MR) is 59.0 cm³/mol. The van der Waals surface area contributed by atoms with E-state index < -0.39 is 0 Å². The average molecular weight is 194 g/mol. The lowest BCUT2D eigenvalue weighted by Crippen LogP contribution is -2.34. The average Bonchev–Trinajstić information content (AvgIpc) is 2.43. The second-order valence-corrected chi connectivity index (χ2v) is 5.59. The van der Waals surface area contributed by atoms with Gasteiger partial charge >= 0.3 is 0 Å². The van der Waals surface area contributed by atoms with Gasteiger partial charge in [-0.1, -0.05) is 19.1 Å². The van der Waals surface area contributed by atoms with Crippen molar-refractivity contribution >= 4 is 0 Å². The minimum absolute atomic E-state index is 0.156. The fraction of sp³-hybridized carbons (Fsp3) is 0.846. The Balaban J connectivity index is 2.24. The molecule has 2 fully saturated rings. The van der Waals surface area contributed by atoms with E-state index in [1.807, 2.05) is 6.92 Å². The molecule has 0 radical (unpaired) electrons. The van der Waals surface area contributed by atoms with Crippen molar-refractivity contribution in [2.45, 2.75) is 52.1 Å². The molecular formula is C13H22O. The first kappa shape index (κ1) is 10.2. The van der Waals surface area contributed by atoms with Crippen molar-refractivity contribution in [3.63, 3.8) is 0 Å². The Morgan fingerprint density at radius 3 is 2.86 bits per heavy atom. The van der Waals surface area contributed by atoms with E-state index in [-0.39, 0.29) is 6.10 Å². The monoisotopic (exact) mass is 194 g/mol. The summed E-state index contributed by atoms with van der Waals surface area (Å²) in [7, 11) is 0. The SMILES string of the molecule is C=C1CCC[C@@]2(C)CC[C@H]([C@H](C)O)[C@@H]12. The van der Waals surface area contributed by atoms with Crippen LogP contribution in [-0.4, -0.2) is 11.2 Å². The highest BCUT2D eigenvalue weighted by Crippen LogP contribution is 2.57. The molecule has 1 N–H and O–H groups in total. The number of hydrogen-bond acceptors (Lipinski definition) is 1. The molecule has 80 valence electrons. The molecule has 0 aromatic carbocycles. The normalized spacial score (nSPS) is 44.9. The predicted octanol–water partition coefficient (Wildman–Crippen LogP) is 3.14. The van der Waals surface area contributed by atoms with Crippen LogP contribution in [0.15, 0.2) is 12.2 Å². The van der Waals surface area contributed by atoms with Gasteiger partial charge in [-0.15, -0.1) is 0 Å². The first-order valence-electron chi connectivity index (χ1n) is 5.90. The number of aliphatic hydroxyl groups is 1. The largest absolute Gasteiger partial charge is 0.393 e. The van der Waals surface area contributed by atoms with E-state index in [0.717, 1.165) is 0 Å². The fourth-order valence-electron chi connectivity index (χ4n) is 3.81. The third-order valence-electron chi connectivity index (χ3n) is 4.53. The van der Waals surface area contributed by atoms with Crippen molar-refractivity contribution in [3.05, 3.63) is 12.2 Å². The summed E-state index contributed by atoms with van der Waals surface area (Å²) in [5, 5.41) is 9.78. The van der Waals surface area contributed by atoms with Crippen molar-refractivity contribution in [1.29, 1.82) is 0 Å². The highest BCUT2D eigenvalue weighted by atomic mass is 16.3. The number of hydrogen-bond donors (Lipinski definition) is 1. The van der Waals surface area contributed by atoms with Gasteiger partial charge < -0.3 is 5.11 Å². The van der Waals surface area contributed by atoms with Crippen LogP contribution in [-0.2, 0) is 0 Å². The van der Waals surface area contributed by atoms with Crippen molar-refractivity contribution in [1.82, 2.24) is 0 Å². The molecule has 2 saturated carbocycles. The fourth-order valence-corrected chi connectivity index (χ4v) is 3.81. The Morgan fingerprint density at radius 1 is 1.50 bits per heavy atom. The number of rotatable bonds is 1. The smallest absolute Gasteiger partial charge is 0.0546 e. The molecule has 0 bridgehead atoms. The van der Waals surface area contributed by atoms with E-state index in [9.17, 15) is 5.11 Å². The van der Waals surface area contributed by atoms with E-state index in [1.165, 1.54) is 37.7 Å². The lowest BCUT2D eigenvalue weighted by molar-refractivity contribution is 0.0768. The number of fused-ring (bicyclic) bond motifs is 1. The summed E-state index contributed by atoms with van der Waals surface area (Å²) in [4.78, 5) is 0. The molecule has 0 aromatic heterocycles. The van der Waals surface area contributed by atoms with Crippen LogP contribution in [0.2, 0.25) is 0 Å². The lowest BCUT2D eigenvalue weighted by atomic mass is 9.65. The molecular weight excluding hydrogens is 172 g/mol. The van der Waals surface area contributed by atoms with Crippen LogP contribution in [0.4, 0.5) is 0 Å². The summed E-state index contributed by atoms with van der Waals surface area (Å²) in [6, 6.07) is 0. The maximum absolute atomic E-state index is 9.78. The van der Waals surface area contributed by atoms with Gasteiger partial charge in [-0.25, -0.2) is 0 Å². The molecule has 2 aliphatic carbocycles. The molecule has 0 spiro atoms. The van der Waals surface area contributed by atoms with Gasteiger partial charge in [-0.05, 0) is 56.3 Å². The van der Waals surface area contributed by atoms with Crippen molar-refractivity contribution in [3.8, 4) is 0 Å². The molecule has 14 heavy (non-hydrogen) atoms. The minimum Gasteiger partial charge on any atom is -0.393 e. The maximum Gasteiger partial charge on any atom is 0.0546 e. The Morgan fingerprint density at radius 2 is 2.21 bits per heavy atom. The molecule has 0 aromatic rings. The lowest BCUT2D eigenvalue weighted by Gasteiger charge is -2.40. The van der Waals surface area contributed by atoms with Crippen LogP contribution in [0, 0.1) is 17.3 Å². The molecule has 0 unspecified atom stereocenters. The van der Waals surface area contributed by atoms with Gasteiger partial charge in [0.15, 0.2) is 0 Å². The Hall–Kier alpha value is -0.300. The third kappa shape index (κ3) is 1.42. The number of allylic oxidation sites excluding steroid dienone is 1. The van der Waals surface area contributed by atoms with Crippen molar-refractivity contribution in [2.75, 3.05) is 0 Å². The topological polar surface area (TPSA) is 20.2 Å². The summed E-state index contributed by atoms with van der Waals surface area (Å²) < 4.78 is 0.